The molecule has 0 aromatic heterocycles. The van der Waals surface area contributed by atoms with Crippen molar-refractivity contribution in [3.05, 3.63) is 65.7 Å². The van der Waals surface area contributed by atoms with Crippen molar-refractivity contribution in [3.63, 3.8) is 0 Å². The molecule has 0 saturated carbocycles. The third-order valence-electron chi connectivity index (χ3n) is 6.02. The van der Waals surface area contributed by atoms with Gasteiger partial charge in [-0.1, -0.05) is 62.4 Å². The first-order chi connectivity index (χ1) is 14.8. The second-order valence-corrected chi connectivity index (χ2v) is 9.13. The van der Waals surface area contributed by atoms with Gasteiger partial charge in [0.25, 0.3) is 0 Å². The maximum absolute atomic E-state index is 12.8. The summed E-state index contributed by atoms with van der Waals surface area (Å²) < 4.78 is 0. The second-order valence-electron chi connectivity index (χ2n) is 8.00. The summed E-state index contributed by atoms with van der Waals surface area (Å²) in [6.45, 7) is 8.79. The second kappa shape index (κ2) is 12.2. The molecule has 4 rings (SSSR count). The van der Waals surface area contributed by atoms with Crippen LogP contribution in [0.1, 0.15) is 44.2 Å². The summed E-state index contributed by atoms with van der Waals surface area (Å²) in [7, 11) is 0. The minimum Gasteiger partial charge on any atom is -0.337 e. The van der Waals surface area contributed by atoms with Crippen LogP contribution in [0.25, 0.3) is 0 Å². The molecule has 30 heavy (non-hydrogen) atoms. The molecule has 1 saturated heterocycles. The van der Waals surface area contributed by atoms with Crippen LogP contribution in [0.2, 0.25) is 0 Å². The Morgan fingerprint density at radius 2 is 1.67 bits per heavy atom. The Morgan fingerprint density at radius 3 is 2.43 bits per heavy atom. The lowest BCUT2D eigenvalue weighted by molar-refractivity contribution is -0.132. The van der Waals surface area contributed by atoms with Crippen molar-refractivity contribution in [2.75, 3.05) is 31.9 Å². The fraction of sp³-hybridized carbons (Fsp3) is 0.500. The van der Waals surface area contributed by atoms with Gasteiger partial charge in [0.05, 0.1) is 0 Å². The lowest BCUT2D eigenvalue weighted by Gasteiger charge is -2.32. The number of carbonyl (C=O) groups is 1. The van der Waals surface area contributed by atoms with Crippen LogP contribution in [0.5, 0.6) is 0 Å². The molecule has 1 amide bonds. The standard InChI is InChI=1S/C24H30N2OS.C2H6/c27-24(26-16-17-28-23-9-5-4-8-22(23)19-26)12-15-25-13-10-21(11-14-25)18-20-6-2-1-3-7-20;1-2/h1-9,21H,10-19H2;1-2H3. The first-order valence-electron chi connectivity index (χ1n) is 11.5. The normalized spacial score (nSPS) is 17.5. The molecule has 162 valence electrons. The SMILES string of the molecule is CC.O=C(CCN1CCC(Cc2ccccc2)CC1)N1CCSc2ccccc2C1. The number of rotatable bonds is 5. The van der Waals surface area contributed by atoms with Crippen LogP contribution >= 0.6 is 11.8 Å². The van der Waals surface area contributed by atoms with Gasteiger partial charge in [-0.3, -0.25) is 4.79 Å². The molecule has 0 aliphatic carbocycles. The first kappa shape index (κ1) is 22.9. The molecule has 0 N–H and O–H groups in total. The number of nitrogens with zero attached hydrogens (tertiary/aromatic N) is 2. The molecule has 0 spiro atoms. The van der Waals surface area contributed by atoms with Crippen LogP contribution in [0, 0.1) is 5.92 Å². The molecule has 2 aliphatic rings. The van der Waals surface area contributed by atoms with Crippen molar-refractivity contribution in [1.82, 2.24) is 9.80 Å². The monoisotopic (exact) mass is 424 g/mol. The van der Waals surface area contributed by atoms with E-state index < -0.39 is 0 Å². The number of piperidine rings is 1. The zero-order valence-electron chi connectivity index (χ0n) is 18.6. The summed E-state index contributed by atoms with van der Waals surface area (Å²) in [6.07, 6.45) is 4.34. The zero-order chi connectivity index (χ0) is 21.2. The molecule has 0 unspecified atom stereocenters. The van der Waals surface area contributed by atoms with Crippen LogP contribution < -0.4 is 0 Å². The molecule has 2 heterocycles. The molecule has 0 atom stereocenters. The fourth-order valence-electron chi connectivity index (χ4n) is 4.31. The number of fused-ring (bicyclic) bond motifs is 1. The lowest BCUT2D eigenvalue weighted by atomic mass is 9.90. The quantitative estimate of drug-likeness (QED) is 0.634. The number of hydrogen-bond acceptors (Lipinski definition) is 3. The van der Waals surface area contributed by atoms with Gasteiger partial charge in [0.2, 0.25) is 5.91 Å². The Morgan fingerprint density at radius 1 is 0.967 bits per heavy atom. The topological polar surface area (TPSA) is 23.6 Å². The van der Waals surface area contributed by atoms with E-state index in [9.17, 15) is 4.79 Å². The van der Waals surface area contributed by atoms with E-state index in [1.165, 1.54) is 35.3 Å². The summed E-state index contributed by atoms with van der Waals surface area (Å²) in [5.41, 5.74) is 2.75. The number of benzene rings is 2. The van der Waals surface area contributed by atoms with Crippen LogP contribution in [0.4, 0.5) is 0 Å². The summed E-state index contributed by atoms with van der Waals surface area (Å²) >= 11 is 1.87. The summed E-state index contributed by atoms with van der Waals surface area (Å²) in [4.78, 5) is 18.7. The minimum absolute atomic E-state index is 0.309. The van der Waals surface area contributed by atoms with E-state index in [4.69, 9.17) is 0 Å². The van der Waals surface area contributed by atoms with Crippen molar-refractivity contribution in [2.45, 2.75) is 51.0 Å². The number of thioether (sulfide) groups is 1. The largest absolute Gasteiger partial charge is 0.337 e. The highest BCUT2D eigenvalue weighted by atomic mass is 32.2. The van der Waals surface area contributed by atoms with E-state index in [1.54, 1.807) is 0 Å². The van der Waals surface area contributed by atoms with Crippen molar-refractivity contribution >= 4 is 17.7 Å². The van der Waals surface area contributed by atoms with E-state index in [-0.39, 0.29) is 0 Å². The molecule has 2 aliphatic heterocycles. The van der Waals surface area contributed by atoms with Crippen molar-refractivity contribution in [3.8, 4) is 0 Å². The van der Waals surface area contributed by atoms with Crippen LogP contribution in [-0.2, 0) is 17.8 Å². The molecule has 2 aromatic carbocycles. The van der Waals surface area contributed by atoms with Gasteiger partial charge >= 0.3 is 0 Å². The van der Waals surface area contributed by atoms with Gasteiger partial charge in [-0.25, -0.2) is 0 Å². The Kier molecular flexibility index (Phi) is 9.28. The molecule has 1 fully saturated rings. The van der Waals surface area contributed by atoms with Gasteiger partial charge in [-0.05, 0) is 55.5 Å². The summed E-state index contributed by atoms with van der Waals surface area (Å²) in [5.74, 6) is 2.09. The third-order valence-corrected chi connectivity index (χ3v) is 7.12. The van der Waals surface area contributed by atoms with Gasteiger partial charge in [0.1, 0.15) is 0 Å². The number of carbonyl (C=O) groups excluding carboxylic acids is 1. The van der Waals surface area contributed by atoms with E-state index >= 15 is 0 Å². The third kappa shape index (κ3) is 6.61. The van der Waals surface area contributed by atoms with E-state index in [1.807, 2.05) is 25.6 Å². The van der Waals surface area contributed by atoms with Gasteiger partial charge < -0.3 is 9.80 Å². The molecular formula is C26H36N2OS. The van der Waals surface area contributed by atoms with Crippen LogP contribution in [-0.4, -0.2) is 47.6 Å². The zero-order valence-corrected chi connectivity index (χ0v) is 19.4. The Bertz CT molecular complexity index is 772. The molecule has 0 radical (unpaired) electrons. The van der Waals surface area contributed by atoms with E-state index in [2.05, 4.69) is 64.4 Å². The maximum Gasteiger partial charge on any atom is 0.224 e. The number of amides is 1. The smallest absolute Gasteiger partial charge is 0.224 e. The Labute approximate surface area is 186 Å². The van der Waals surface area contributed by atoms with Crippen molar-refractivity contribution in [2.24, 2.45) is 5.92 Å². The minimum atomic E-state index is 0.309. The van der Waals surface area contributed by atoms with E-state index in [0.717, 1.165) is 44.4 Å². The molecule has 3 nitrogen and oxygen atoms in total. The Balaban J connectivity index is 0.00000124. The average Bonchev–Trinajstić information content (AvgIpc) is 3.03. The van der Waals surface area contributed by atoms with Gasteiger partial charge in [-0.2, -0.15) is 0 Å². The average molecular weight is 425 g/mol. The highest BCUT2D eigenvalue weighted by Gasteiger charge is 2.22. The first-order valence-corrected chi connectivity index (χ1v) is 12.5. The molecular weight excluding hydrogens is 388 g/mol. The number of likely N-dealkylation sites (tertiary alicyclic amines) is 1. The van der Waals surface area contributed by atoms with Crippen molar-refractivity contribution in [1.29, 1.82) is 0 Å². The van der Waals surface area contributed by atoms with Gasteiger partial charge in [0.15, 0.2) is 0 Å². The summed E-state index contributed by atoms with van der Waals surface area (Å²) in [5, 5.41) is 0. The molecule has 2 aromatic rings. The van der Waals surface area contributed by atoms with Crippen LogP contribution in [0.15, 0.2) is 59.5 Å². The van der Waals surface area contributed by atoms with Gasteiger partial charge in [0, 0.05) is 36.7 Å². The highest BCUT2D eigenvalue weighted by molar-refractivity contribution is 7.99. The molecule has 4 heteroatoms. The maximum atomic E-state index is 12.8. The van der Waals surface area contributed by atoms with Crippen LogP contribution in [0.3, 0.4) is 0 Å². The lowest BCUT2D eigenvalue weighted by Crippen LogP contribution is -2.38. The highest BCUT2D eigenvalue weighted by Crippen LogP contribution is 2.27. The predicted octanol–water partition coefficient (Wildman–Crippen LogP) is 5.49. The summed E-state index contributed by atoms with van der Waals surface area (Å²) in [6, 6.07) is 19.3. The molecule has 0 bridgehead atoms. The van der Waals surface area contributed by atoms with Crippen molar-refractivity contribution < 1.29 is 4.79 Å². The van der Waals surface area contributed by atoms with E-state index in [0.29, 0.717) is 12.3 Å². The number of hydrogen-bond donors (Lipinski definition) is 0. The predicted molar refractivity (Wildman–Crippen MR) is 128 cm³/mol. The Hall–Kier alpha value is -1.78. The van der Waals surface area contributed by atoms with Gasteiger partial charge in [-0.15, -0.1) is 11.8 Å². The fourth-order valence-corrected chi connectivity index (χ4v) is 5.34.